The van der Waals surface area contributed by atoms with Gasteiger partial charge in [0.1, 0.15) is 0 Å². The fourth-order valence-electron chi connectivity index (χ4n) is 11.6. The zero-order chi connectivity index (χ0) is 59.9. The van der Waals surface area contributed by atoms with E-state index in [2.05, 4.69) is 55.6 Å². The summed E-state index contributed by atoms with van der Waals surface area (Å²) >= 11 is 0. The third kappa shape index (κ3) is 68.8. The summed E-state index contributed by atoms with van der Waals surface area (Å²) in [5, 5.41) is 23.0. The number of hydrogen-bond donors (Lipinski definition) is 3. The van der Waals surface area contributed by atoms with Gasteiger partial charge >= 0.3 is 5.97 Å². The van der Waals surface area contributed by atoms with Crippen molar-refractivity contribution in [2.45, 2.75) is 418 Å². The van der Waals surface area contributed by atoms with Gasteiger partial charge in [0.15, 0.2) is 0 Å². The highest BCUT2D eigenvalue weighted by Crippen LogP contribution is 2.19. The Hall–Kier alpha value is -2.18. The molecule has 83 heavy (non-hydrogen) atoms. The molecule has 0 bridgehead atoms. The number of aliphatic hydroxyl groups is 2. The first kappa shape index (κ1) is 80.8. The number of esters is 1. The van der Waals surface area contributed by atoms with Gasteiger partial charge in [-0.3, -0.25) is 9.59 Å². The highest BCUT2D eigenvalue weighted by atomic mass is 16.5. The van der Waals surface area contributed by atoms with Gasteiger partial charge in [-0.25, -0.2) is 0 Å². The molecule has 3 N–H and O–H groups in total. The molecule has 0 spiro atoms. The van der Waals surface area contributed by atoms with Crippen LogP contribution in [0.3, 0.4) is 0 Å². The van der Waals surface area contributed by atoms with Crippen molar-refractivity contribution in [3.8, 4) is 0 Å². The summed E-state index contributed by atoms with van der Waals surface area (Å²) in [7, 11) is 0. The maximum absolute atomic E-state index is 12.4. The van der Waals surface area contributed by atoms with Gasteiger partial charge in [-0.2, -0.15) is 0 Å². The first-order valence-electron chi connectivity index (χ1n) is 37.4. The molecule has 488 valence electrons. The number of nitrogens with one attached hydrogen (secondary N) is 1. The van der Waals surface area contributed by atoms with Crippen molar-refractivity contribution >= 4 is 11.9 Å². The molecule has 6 heteroatoms. The van der Waals surface area contributed by atoms with Gasteiger partial charge in [0.05, 0.1) is 25.4 Å². The molecular weight excluding hydrogens is 1020 g/mol. The van der Waals surface area contributed by atoms with Crippen LogP contribution in [0.5, 0.6) is 0 Å². The molecule has 0 aliphatic carbocycles. The number of hydrogen-bond acceptors (Lipinski definition) is 5. The molecule has 0 saturated heterocycles. The maximum Gasteiger partial charge on any atom is 0.305 e. The van der Waals surface area contributed by atoms with Crippen molar-refractivity contribution in [1.29, 1.82) is 0 Å². The van der Waals surface area contributed by atoms with Crippen molar-refractivity contribution in [3.05, 3.63) is 48.6 Å². The van der Waals surface area contributed by atoms with Crippen LogP contribution in [0.2, 0.25) is 0 Å². The number of ether oxygens (including phenoxy) is 1. The Balaban J connectivity index is 3.31. The average molecular weight is 1170 g/mol. The van der Waals surface area contributed by atoms with E-state index >= 15 is 0 Å². The number of rotatable bonds is 70. The molecule has 0 radical (unpaired) electrons. The molecule has 0 rings (SSSR count). The Labute approximate surface area is 518 Å². The van der Waals surface area contributed by atoms with Gasteiger partial charge in [0, 0.05) is 12.8 Å². The van der Waals surface area contributed by atoms with Crippen molar-refractivity contribution in [1.82, 2.24) is 5.32 Å². The number of amides is 1. The van der Waals surface area contributed by atoms with Crippen molar-refractivity contribution in [2.75, 3.05) is 13.2 Å². The third-order valence-electron chi connectivity index (χ3n) is 17.3. The quantitative estimate of drug-likeness (QED) is 0.0320. The summed E-state index contributed by atoms with van der Waals surface area (Å²) in [5.74, 6) is -0.0497. The second kappa shape index (κ2) is 72.3. The van der Waals surface area contributed by atoms with Crippen LogP contribution in [0.25, 0.3) is 0 Å². The maximum atomic E-state index is 12.4. The lowest BCUT2D eigenvalue weighted by Gasteiger charge is -2.20. The van der Waals surface area contributed by atoms with Crippen LogP contribution in [0, 0.1) is 0 Å². The molecule has 6 nitrogen and oxygen atoms in total. The molecule has 0 aromatic carbocycles. The van der Waals surface area contributed by atoms with Crippen molar-refractivity contribution < 1.29 is 24.5 Å². The Kier molecular flexibility index (Phi) is 70.4. The molecule has 0 aromatic rings. The molecule has 0 aromatic heterocycles. The van der Waals surface area contributed by atoms with Gasteiger partial charge in [-0.05, 0) is 89.9 Å². The van der Waals surface area contributed by atoms with E-state index in [0.29, 0.717) is 19.4 Å². The number of aliphatic hydroxyl groups excluding tert-OH is 2. The fourth-order valence-corrected chi connectivity index (χ4v) is 11.6. The van der Waals surface area contributed by atoms with E-state index in [4.69, 9.17) is 4.74 Å². The molecule has 0 fully saturated rings. The standard InChI is InChI=1S/C77H145NO5/c1-3-5-7-9-11-13-15-16-17-41-45-48-51-55-59-63-67-71-77(82)83-72-68-64-60-56-52-49-46-43-40-38-36-34-32-30-28-26-24-22-20-18-19-21-23-25-27-29-31-33-35-37-39-42-44-47-50-54-58-62-66-70-76(81)78-74(73-79)75(80)69-65-61-57-53-14-12-10-8-6-4-2/h11,13,16-19,65,69,74-75,79-80H,3-10,12,14-15,20-64,66-68,70-73H2,1-2H3,(H,78,81)/b13-11-,17-16-,19-18-,69-65+. The second-order valence-electron chi connectivity index (χ2n) is 25.6. The zero-order valence-electron chi connectivity index (χ0n) is 55.9. The fraction of sp³-hybridized carbons (Fsp3) is 0.870. The number of carbonyl (C=O) groups excluding carboxylic acids is 2. The van der Waals surface area contributed by atoms with Crippen LogP contribution in [-0.4, -0.2) is 47.4 Å². The highest BCUT2D eigenvalue weighted by Gasteiger charge is 2.18. The van der Waals surface area contributed by atoms with E-state index in [9.17, 15) is 19.8 Å². The van der Waals surface area contributed by atoms with E-state index in [-0.39, 0.29) is 18.5 Å². The summed E-state index contributed by atoms with van der Waals surface area (Å²) in [6.45, 7) is 4.88. The Morgan fingerprint density at radius 2 is 0.602 bits per heavy atom. The predicted molar refractivity (Wildman–Crippen MR) is 366 cm³/mol. The molecule has 0 aliphatic heterocycles. The van der Waals surface area contributed by atoms with Gasteiger partial charge in [-0.1, -0.05) is 351 Å². The predicted octanol–water partition coefficient (Wildman–Crippen LogP) is 24.4. The van der Waals surface area contributed by atoms with Crippen molar-refractivity contribution in [3.63, 3.8) is 0 Å². The van der Waals surface area contributed by atoms with Crippen LogP contribution in [0.4, 0.5) is 0 Å². The number of allylic oxidation sites excluding steroid dienone is 7. The summed E-state index contributed by atoms with van der Waals surface area (Å²) in [6, 6.07) is -0.623. The first-order valence-corrected chi connectivity index (χ1v) is 37.4. The third-order valence-corrected chi connectivity index (χ3v) is 17.3. The summed E-state index contributed by atoms with van der Waals surface area (Å²) in [5.41, 5.74) is 0. The lowest BCUT2D eigenvalue weighted by molar-refractivity contribution is -0.143. The number of carbonyl (C=O) groups is 2. The van der Waals surface area contributed by atoms with E-state index in [1.807, 2.05) is 6.08 Å². The van der Waals surface area contributed by atoms with Gasteiger partial charge < -0.3 is 20.3 Å². The Bertz CT molecular complexity index is 1390. The van der Waals surface area contributed by atoms with Crippen LogP contribution >= 0.6 is 0 Å². The van der Waals surface area contributed by atoms with Crippen molar-refractivity contribution in [2.24, 2.45) is 0 Å². The minimum absolute atomic E-state index is 0.0146. The SMILES string of the molecule is CCCCC/C=C\C/C=C\CCCCCCCCCC(=O)OCCCCCCCCCCCCCCCCCCCC/C=C\CCCCCCCCCCCCCCCCCCCC(=O)NC(CO)C(O)/C=C/CCCCCCCCCC. The summed E-state index contributed by atoms with van der Waals surface area (Å²) < 4.78 is 5.50. The first-order chi connectivity index (χ1) is 41.0. The molecule has 0 aliphatic rings. The number of unbranched alkanes of at least 4 members (excludes halogenated alkanes) is 53. The average Bonchev–Trinajstić information content (AvgIpc) is 3.50. The largest absolute Gasteiger partial charge is 0.466 e. The van der Waals surface area contributed by atoms with E-state index in [0.717, 1.165) is 51.4 Å². The van der Waals surface area contributed by atoms with E-state index < -0.39 is 12.1 Å². The lowest BCUT2D eigenvalue weighted by Crippen LogP contribution is -2.45. The smallest absolute Gasteiger partial charge is 0.305 e. The molecular formula is C77H145NO5. The van der Waals surface area contributed by atoms with Crippen LogP contribution < -0.4 is 5.32 Å². The van der Waals surface area contributed by atoms with Gasteiger partial charge in [0.2, 0.25) is 5.91 Å². The van der Waals surface area contributed by atoms with Gasteiger partial charge in [-0.15, -0.1) is 0 Å². The van der Waals surface area contributed by atoms with E-state index in [1.165, 1.54) is 327 Å². The topological polar surface area (TPSA) is 95.9 Å². The monoisotopic (exact) mass is 1160 g/mol. The van der Waals surface area contributed by atoms with E-state index in [1.54, 1.807) is 6.08 Å². The Morgan fingerprint density at radius 1 is 0.337 bits per heavy atom. The molecule has 2 unspecified atom stereocenters. The minimum Gasteiger partial charge on any atom is -0.466 e. The highest BCUT2D eigenvalue weighted by molar-refractivity contribution is 5.76. The minimum atomic E-state index is -0.840. The summed E-state index contributed by atoms with van der Waals surface area (Å²) in [4.78, 5) is 24.5. The zero-order valence-corrected chi connectivity index (χ0v) is 55.9. The normalized spacial score (nSPS) is 12.8. The lowest BCUT2D eigenvalue weighted by atomic mass is 10.0. The van der Waals surface area contributed by atoms with Gasteiger partial charge in [0.25, 0.3) is 0 Å². The molecule has 0 heterocycles. The van der Waals surface area contributed by atoms with Crippen LogP contribution in [-0.2, 0) is 14.3 Å². The van der Waals surface area contributed by atoms with Crippen LogP contribution in [0.15, 0.2) is 48.6 Å². The van der Waals surface area contributed by atoms with Crippen LogP contribution in [0.1, 0.15) is 406 Å². The molecule has 2 atom stereocenters. The molecule has 1 amide bonds. The second-order valence-corrected chi connectivity index (χ2v) is 25.6. The Morgan fingerprint density at radius 3 is 0.952 bits per heavy atom. The molecule has 0 saturated carbocycles. The summed E-state index contributed by atoms with van der Waals surface area (Å²) in [6.07, 6.45) is 95.2.